The summed E-state index contributed by atoms with van der Waals surface area (Å²) < 4.78 is 5.24. The van der Waals surface area contributed by atoms with E-state index in [1.54, 1.807) is 0 Å². The van der Waals surface area contributed by atoms with E-state index in [0.29, 0.717) is 32.8 Å². The van der Waals surface area contributed by atoms with Gasteiger partial charge in [0.25, 0.3) is 0 Å². The summed E-state index contributed by atoms with van der Waals surface area (Å²) in [5, 5.41) is 9.21. The quantitative estimate of drug-likeness (QED) is 0.349. The van der Waals surface area contributed by atoms with E-state index >= 15 is 0 Å². The fraction of sp³-hybridized carbons (Fsp3) is 0.857. The molecule has 0 radical (unpaired) electrons. The number of amides is 1. The molecule has 20 heavy (non-hydrogen) atoms. The Morgan fingerprint density at radius 1 is 1.10 bits per heavy atom. The molecule has 1 amide bonds. The molecule has 0 heterocycles. The van der Waals surface area contributed by atoms with Crippen molar-refractivity contribution in [2.45, 2.75) is 34.6 Å². The Bertz CT molecular complexity index is 298. The van der Waals surface area contributed by atoms with Crippen LogP contribution in [0.15, 0.2) is 4.99 Å². The van der Waals surface area contributed by atoms with E-state index in [9.17, 15) is 4.79 Å². The largest absolute Gasteiger partial charge is 0.380 e. The molecule has 0 aromatic carbocycles. The summed E-state index contributed by atoms with van der Waals surface area (Å²) in [6.45, 7) is 13.6. The Labute approximate surface area is 122 Å². The first-order chi connectivity index (χ1) is 9.41. The molecule has 0 aliphatic heterocycles. The highest BCUT2D eigenvalue weighted by atomic mass is 16.5. The van der Waals surface area contributed by atoms with Crippen LogP contribution in [0.1, 0.15) is 34.6 Å². The fourth-order valence-electron chi connectivity index (χ4n) is 1.33. The highest BCUT2D eigenvalue weighted by molar-refractivity contribution is 5.81. The average molecular weight is 286 g/mol. The third-order valence-corrected chi connectivity index (χ3v) is 2.44. The van der Waals surface area contributed by atoms with Gasteiger partial charge in [-0.05, 0) is 13.8 Å². The van der Waals surface area contributed by atoms with Crippen LogP contribution >= 0.6 is 0 Å². The molecular formula is C14H30N4O2. The van der Waals surface area contributed by atoms with Gasteiger partial charge in [-0.3, -0.25) is 9.79 Å². The number of hydrogen-bond donors (Lipinski definition) is 3. The number of ether oxygens (including phenoxy) is 1. The van der Waals surface area contributed by atoms with Gasteiger partial charge in [0, 0.05) is 31.7 Å². The topological polar surface area (TPSA) is 74.8 Å². The number of carbonyl (C=O) groups excluding carboxylic acids is 1. The van der Waals surface area contributed by atoms with Gasteiger partial charge in [0.1, 0.15) is 0 Å². The van der Waals surface area contributed by atoms with Gasteiger partial charge in [-0.15, -0.1) is 0 Å². The summed E-state index contributed by atoms with van der Waals surface area (Å²) in [5.74, 6) is 0.801. The van der Waals surface area contributed by atoms with Crippen molar-refractivity contribution in [1.82, 2.24) is 16.0 Å². The fourth-order valence-corrected chi connectivity index (χ4v) is 1.33. The zero-order valence-corrected chi connectivity index (χ0v) is 13.5. The maximum Gasteiger partial charge on any atom is 0.225 e. The highest BCUT2D eigenvalue weighted by Crippen LogP contribution is 2.11. The molecule has 0 atom stereocenters. The molecule has 118 valence electrons. The number of guanidine groups is 1. The minimum Gasteiger partial charge on any atom is -0.380 e. The molecule has 0 rings (SSSR count). The molecule has 0 spiro atoms. The predicted octanol–water partition coefficient (Wildman–Crippen LogP) is 0.740. The maximum absolute atomic E-state index is 11.7. The van der Waals surface area contributed by atoms with Crippen molar-refractivity contribution in [3.05, 3.63) is 0 Å². The van der Waals surface area contributed by atoms with E-state index in [0.717, 1.165) is 12.5 Å². The Morgan fingerprint density at radius 2 is 1.75 bits per heavy atom. The maximum atomic E-state index is 11.7. The highest BCUT2D eigenvalue weighted by Gasteiger charge is 2.20. The Balaban J connectivity index is 3.94. The molecule has 0 saturated heterocycles. The van der Waals surface area contributed by atoms with E-state index in [-0.39, 0.29) is 11.3 Å². The molecule has 0 aliphatic rings. The van der Waals surface area contributed by atoms with Crippen molar-refractivity contribution in [1.29, 1.82) is 0 Å². The van der Waals surface area contributed by atoms with Crippen molar-refractivity contribution in [2.75, 3.05) is 39.4 Å². The Hall–Kier alpha value is -1.30. The minimum atomic E-state index is -0.351. The van der Waals surface area contributed by atoms with Crippen LogP contribution in [0.3, 0.4) is 0 Å². The lowest BCUT2D eigenvalue weighted by Crippen LogP contribution is -2.43. The smallest absolute Gasteiger partial charge is 0.225 e. The molecule has 0 aliphatic carbocycles. The number of nitrogens with zero attached hydrogens (tertiary/aromatic N) is 1. The average Bonchev–Trinajstić information content (AvgIpc) is 2.38. The van der Waals surface area contributed by atoms with Crippen LogP contribution in [0.4, 0.5) is 0 Å². The summed E-state index contributed by atoms with van der Waals surface area (Å²) in [4.78, 5) is 16.1. The molecule has 6 heteroatoms. The van der Waals surface area contributed by atoms with Crippen LogP contribution in [0.2, 0.25) is 0 Å². The van der Waals surface area contributed by atoms with Gasteiger partial charge in [0.2, 0.25) is 5.91 Å². The summed E-state index contributed by atoms with van der Waals surface area (Å²) in [5.41, 5.74) is -0.351. The zero-order chi connectivity index (χ0) is 15.4. The first-order valence-electron chi connectivity index (χ1n) is 7.30. The van der Waals surface area contributed by atoms with Gasteiger partial charge >= 0.3 is 0 Å². The van der Waals surface area contributed by atoms with E-state index in [1.807, 2.05) is 34.6 Å². The van der Waals surface area contributed by atoms with Crippen molar-refractivity contribution in [3.8, 4) is 0 Å². The molecule has 0 aromatic rings. The second-order valence-electron chi connectivity index (χ2n) is 5.39. The van der Waals surface area contributed by atoms with Crippen LogP contribution < -0.4 is 16.0 Å². The number of aliphatic imine (C=N–C) groups is 1. The van der Waals surface area contributed by atoms with E-state index in [2.05, 4.69) is 20.9 Å². The standard InChI is InChI=1S/C14H30N4O2/c1-6-15-13(18-10-11-20-7-2)17-9-8-16-12(19)14(3,4)5/h6-11H2,1-5H3,(H,16,19)(H2,15,17,18). The molecule has 0 fully saturated rings. The third-order valence-electron chi connectivity index (χ3n) is 2.44. The lowest BCUT2D eigenvalue weighted by molar-refractivity contribution is -0.128. The third kappa shape index (κ3) is 9.61. The van der Waals surface area contributed by atoms with Crippen molar-refractivity contribution in [3.63, 3.8) is 0 Å². The zero-order valence-electron chi connectivity index (χ0n) is 13.5. The first kappa shape index (κ1) is 18.7. The summed E-state index contributed by atoms with van der Waals surface area (Å²) >= 11 is 0. The van der Waals surface area contributed by atoms with Gasteiger partial charge in [-0.1, -0.05) is 20.8 Å². The van der Waals surface area contributed by atoms with Gasteiger partial charge < -0.3 is 20.7 Å². The minimum absolute atomic E-state index is 0.0533. The van der Waals surface area contributed by atoms with E-state index in [1.165, 1.54) is 0 Å². The number of rotatable bonds is 8. The van der Waals surface area contributed by atoms with Crippen molar-refractivity contribution < 1.29 is 9.53 Å². The SMILES string of the molecule is CCNC(=NCCOCC)NCCNC(=O)C(C)(C)C. The summed E-state index contributed by atoms with van der Waals surface area (Å²) in [6.07, 6.45) is 0. The first-order valence-corrected chi connectivity index (χ1v) is 7.30. The Kier molecular flexibility index (Phi) is 9.80. The monoisotopic (exact) mass is 286 g/mol. The van der Waals surface area contributed by atoms with Gasteiger partial charge in [-0.2, -0.15) is 0 Å². The normalized spacial score (nSPS) is 12.2. The number of hydrogen-bond acceptors (Lipinski definition) is 3. The molecule has 0 aromatic heterocycles. The molecular weight excluding hydrogens is 256 g/mol. The van der Waals surface area contributed by atoms with Gasteiger partial charge in [-0.25, -0.2) is 0 Å². The lowest BCUT2D eigenvalue weighted by Gasteiger charge is -2.18. The summed E-state index contributed by atoms with van der Waals surface area (Å²) in [6, 6.07) is 0. The molecule has 0 saturated carbocycles. The second-order valence-corrected chi connectivity index (χ2v) is 5.39. The van der Waals surface area contributed by atoms with Crippen LogP contribution in [0, 0.1) is 5.41 Å². The summed E-state index contributed by atoms with van der Waals surface area (Å²) in [7, 11) is 0. The van der Waals surface area contributed by atoms with Crippen molar-refractivity contribution >= 4 is 11.9 Å². The number of nitrogens with one attached hydrogen (secondary N) is 3. The molecule has 6 nitrogen and oxygen atoms in total. The lowest BCUT2D eigenvalue weighted by atomic mass is 9.96. The molecule has 3 N–H and O–H groups in total. The van der Waals surface area contributed by atoms with Crippen LogP contribution in [-0.4, -0.2) is 51.3 Å². The molecule has 0 unspecified atom stereocenters. The van der Waals surface area contributed by atoms with E-state index in [4.69, 9.17) is 4.74 Å². The second kappa shape index (κ2) is 10.5. The van der Waals surface area contributed by atoms with Crippen LogP contribution in [0.5, 0.6) is 0 Å². The van der Waals surface area contributed by atoms with Crippen molar-refractivity contribution in [2.24, 2.45) is 10.4 Å². The number of carbonyl (C=O) groups is 1. The van der Waals surface area contributed by atoms with Crippen LogP contribution in [-0.2, 0) is 9.53 Å². The van der Waals surface area contributed by atoms with E-state index < -0.39 is 0 Å². The van der Waals surface area contributed by atoms with Gasteiger partial charge in [0.15, 0.2) is 5.96 Å². The molecule has 0 bridgehead atoms. The van der Waals surface area contributed by atoms with Crippen LogP contribution in [0.25, 0.3) is 0 Å². The van der Waals surface area contributed by atoms with Gasteiger partial charge in [0.05, 0.1) is 13.2 Å². The Morgan fingerprint density at radius 3 is 2.30 bits per heavy atom. The predicted molar refractivity (Wildman–Crippen MR) is 82.9 cm³/mol.